The van der Waals surface area contributed by atoms with Crippen LogP contribution in [0.2, 0.25) is 0 Å². The molecule has 0 spiro atoms. The lowest BCUT2D eigenvalue weighted by atomic mass is 10.1. The Bertz CT molecular complexity index is 2420. The number of aromatic nitrogens is 3. The molecule has 0 saturated heterocycles. The van der Waals surface area contributed by atoms with Gasteiger partial charge in [0.1, 0.15) is 16.5 Å². The van der Waals surface area contributed by atoms with E-state index in [1.54, 1.807) is 42.5 Å². The molecule has 3 aromatic heterocycles. The van der Waals surface area contributed by atoms with E-state index in [-0.39, 0.29) is 22.3 Å². The van der Waals surface area contributed by atoms with Gasteiger partial charge in [0.2, 0.25) is 0 Å². The van der Waals surface area contributed by atoms with E-state index in [1.165, 1.54) is 10.8 Å². The molecule has 0 saturated carbocycles. The number of nitrogens with zero attached hydrogens (tertiary/aromatic N) is 4. The van der Waals surface area contributed by atoms with E-state index < -0.39 is 5.91 Å². The Hall–Kier alpha value is -6.50. The first kappa shape index (κ1) is 30.2. The Kier molecular flexibility index (Phi) is 8.46. The minimum Gasteiger partial charge on any atom is -0.467 e. The fraction of sp³-hybridized carbons (Fsp3) is 0.0256. The number of carbonyl (C=O) groups excluding carboxylic acids is 1. The predicted octanol–water partition coefficient (Wildman–Crippen LogP) is 5.83. The van der Waals surface area contributed by atoms with Gasteiger partial charge in [-0.3, -0.25) is 14.2 Å². The van der Waals surface area contributed by atoms with Crippen LogP contribution in [-0.2, 0) is 11.3 Å². The number of furan rings is 1. The van der Waals surface area contributed by atoms with Gasteiger partial charge < -0.3 is 9.73 Å². The number of benzene rings is 4. The van der Waals surface area contributed by atoms with Crippen molar-refractivity contribution in [1.82, 2.24) is 19.7 Å². The molecule has 0 atom stereocenters. The predicted molar refractivity (Wildman–Crippen MR) is 187 cm³/mol. The number of para-hydroxylation sites is 1. The highest BCUT2D eigenvalue weighted by molar-refractivity contribution is 7.07. The van der Waals surface area contributed by atoms with Crippen molar-refractivity contribution in [2.45, 2.75) is 6.54 Å². The van der Waals surface area contributed by atoms with Crippen LogP contribution >= 0.6 is 11.3 Å². The van der Waals surface area contributed by atoms with Gasteiger partial charge in [-0.2, -0.15) is 10.4 Å². The topological polar surface area (TPSA) is 106 Å². The number of carbonyl (C=O) groups is 1. The number of hydrogen-bond acceptors (Lipinski definition) is 6. The first-order valence-corrected chi connectivity index (χ1v) is 16.0. The monoisotopic (exact) mass is 645 g/mol. The molecule has 4 aromatic carbocycles. The Balaban J connectivity index is 1.30. The lowest BCUT2D eigenvalue weighted by Gasteiger charge is -2.08. The minimum absolute atomic E-state index is 0.109. The summed E-state index contributed by atoms with van der Waals surface area (Å²) in [6.45, 7) is 0.109. The zero-order valence-electron chi connectivity index (χ0n) is 25.5. The smallest absolute Gasteiger partial charge is 0.273 e. The van der Waals surface area contributed by atoms with Crippen molar-refractivity contribution < 1.29 is 9.21 Å². The Morgan fingerprint density at radius 2 is 1.50 bits per heavy atom. The fourth-order valence-electron chi connectivity index (χ4n) is 5.33. The fourth-order valence-corrected chi connectivity index (χ4v) is 6.43. The molecule has 8 nitrogen and oxygen atoms in total. The van der Waals surface area contributed by atoms with Crippen LogP contribution in [0.25, 0.3) is 45.5 Å². The summed E-state index contributed by atoms with van der Waals surface area (Å²) in [6, 6.07) is 44.4. The van der Waals surface area contributed by atoms with Crippen molar-refractivity contribution in [2.24, 2.45) is 0 Å². The maximum absolute atomic E-state index is 13.9. The molecule has 0 aliphatic rings. The molecule has 0 radical (unpaired) electrons. The molecule has 1 amide bonds. The summed E-state index contributed by atoms with van der Waals surface area (Å²) in [5, 5.41) is 17.8. The zero-order valence-corrected chi connectivity index (χ0v) is 26.3. The van der Waals surface area contributed by atoms with Crippen molar-refractivity contribution in [2.75, 3.05) is 0 Å². The van der Waals surface area contributed by atoms with Crippen LogP contribution in [0.5, 0.6) is 0 Å². The highest BCUT2D eigenvalue weighted by Gasteiger charge is 2.18. The summed E-state index contributed by atoms with van der Waals surface area (Å²) < 4.78 is 9.26. The van der Waals surface area contributed by atoms with Gasteiger partial charge in [-0.05, 0) is 54.1 Å². The molecule has 7 rings (SSSR count). The van der Waals surface area contributed by atoms with Crippen LogP contribution < -0.4 is 20.1 Å². The van der Waals surface area contributed by atoms with Crippen LogP contribution in [0.1, 0.15) is 11.3 Å². The molecule has 48 heavy (non-hydrogen) atoms. The second-order valence-electron chi connectivity index (χ2n) is 10.8. The van der Waals surface area contributed by atoms with Crippen molar-refractivity contribution in [1.29, 1.82) is 5.26 Å². The first-order chi connectivity index (χ1) is 23.6. The van der Waals surface area contributed by atoms with Gasteiger partial charge in [0, 0.05) is 11.1 Å². The highest BCUT2D eigenvalue weighted by Crippen LogP contribution is 2.28. The normalized spacial score (nSPS) is 12.0. The summed E-state index contributed by atoms with van der Waals surface area (Å²) >= 11 is 1.09. The van der Waals surface area contributed by atoms with Gasteiger partial charge in [-0.1, -0.05) is 91.0 Å². The average molecular weight is 646 g/mol. The van der Waals surface area contributed by atoms with Crippen LogP contribution in [-0.4, -0.2) is 20.3 Å². The third kappa shape index (κ3) is 6.16. The third-order valence-electron chi connectivity index (χ3n) is 7.68. The van der Waals surface area contributed by atoms with Crippen molar-refractivity contribution in [3.05, 3.63) is 171 Å². The summed E-state index contributed by atoms with van der Waals surface area (Å²) in [4.78, 5) is 27.1. The minimum atomic E-state index is -0.598. The Morgan fingerprint density at radius 1 is 0.833 bits per heavy atom. The van der Waals surface area contributed by atoms with Gasteiger partial charge in [-0.15, -0.1) is 11.3 Å². The van der Waals surface area contributed by atoms with E-state index in [4.69, 9.17) is 9.52 Å². The first-order valence-electron chi connectivity index (χ1n) is 15.1. The van der Waals surface area contributed by atoms with Crippen LogP contribution in [0.15, 0.2) is 149 Å². The van der Waals surface area contributed by atoms with E-state index >= 15 is 0 Å². The quantitative estimate of drug-likeness (QED) is 0.224. The molecule has 0 bridgehead atoms. The van der Waals surface area contributed by atoms with E-state index in [9.17, 15) is 14.9 Å². The van der Waals surface area contributed by atoms with Gasteiger partial charge >= 0.3 is 0 Å². The van der Waals surface area contributed by atoms with Gasteiger partial charge in [0.05, 0.1) is 40.1 Å². The molecule has 0 aliphatic heterocycles. The SMILES string of the molecule is N#CC(C(=O)NCc1ccco1)=c1sc(=Cc2ccc(-n3nc(-c4ccccc4)cc3-c3ccccc3)cc2)c(=O)n1-c1ccccc1. The number of hydrogen-bond donors (Lipinski definition) is 1. The highest BCUT2D eigenvalue weighted by atomic mass is 32.1. The second kappa shape index (κ2) is 13.5. The lowest BCUT2D eigenvalue weighted by Crippen LogP contribution is -2.33. The van der Waals surface area contributed by atoms with Crippen molar-refractivity contribution in [3.8, 4) is 40.0 Å². The molecule has 0 fully saturated rings. The largest absolute Gasteiger partial charge is 0.467 e. The van der Waals surface area contributed by atoms with Crippen LogP contribution in [0.4, 0.5) is 0 Å². The molecule has 3 heterocycles. The molecule has 9 heteroatoms. The molecule has 7 aromatic rings. The van der Waals surface area contributed by atoms with Crippen LogP contribution in [0.3, 0.4) is 0 Å². The molecule has 232 valence electrons. The number of thiazole rings is 1. The number of amides is 1. The van der Waals surface area contributed by atoms with E-state index in [0.717, 1.165) is 45.1 Å². The maximum atomic E-state index is 13.9. The Labute approximate surface area is 279 Å². The molecule has 0 unspecified atom stereocenters. The second-order valence-corrected chi connectivity index (χ2v) is 11.8. The van der Waals surface area contributed by atoms with Crippen LogP contribution in [0, 0.1) is 11.3 Å². The van der Waals surface area contributed by atoms with Crippen molar-refractivity contribution in [3.63, 3.8) is 0 Å². The molecule has 1 N–H and O–H groups in total. The third-order valence-corrected chi connectivity index (χ3v) is 8.77. The molecule has 0 aliphatic carbocycles. The molecular formula is C39H27N5O3S. The zero-order chi connectivity index (χ0) is 32.9. The molecular weight excluding hydrogens is 619 g/mol. The van der Waals surface area contributed by atoms with Crippen molar-refractivity contribution >= 4 is 28.9 Å². The summed E-state index contributed by atoms with van der Waals surface area (Å²) in [6.07, 6.45) is 3.28. The lowest BCUT2D eigenvalue weighted by molar-refractivity contribution is -0.115. The van der Waals surface area contributed by atoms with Gasteiger partial charge in [-0.25, -0.2) is 4.68 Å². The van der Waals surface area contributed by atoms with Gasteiger partial charge in [0.15, 0.2) is 5.57 Å². The average Bonchev–Trinajstić information content (AvgIpc) is 3.89. The maximum Gasteiger partial charge on any atom is 0.273 e. The summed E-state index contributed by atoms with van der Waals surface area (Å²) in [5.41, 5.74) is 5.55. The number of nitrogens with one attached hydrogen (secondary N) is 1. The van der Waals surface area contributed by atoms with E-state index in [0.29, 0.717) is 16.0 Å². The summed E-state index contributed by atoms with van der Waals surface area (Å²) in [7, 11) is 0. The number of nitriles is 1. The number of rotatable bonds is 8. The standard InChI is InChI=1S/C39H27N5O3S/c40-25-33(37(45)41-26-32-17-10-22-47-32)39-43(30-15-8-3-9-16-30)38(46)36(48-39)23-27-18-20-31(21-19-27)44-35(29-13-6-2-7-14-29)24-34(42-44)28-11-4-1-5-12-28/h1-24H,26H2,(H,41,45). The van der Waals surface area contributed by atoms with Gasteiger partial charge in [0.25, 0.3) is 11.5 Å². The summed E-state index contributed by atoms with van der Waals surface area (Å²) in [5.74, 6) is -0.0499. The van der Waals surface area contributed by atoms with E-state index in [2.05, 4.69) is 23.5 Å². The van der Waals surface area contributed by atoms with E-state index in [1.807, 2.05) is 89.6 Å². The Morgan fingerprint density at radius 3 is 2.15 bits per heavy atom.